The van der Waals surface area contributed by atoms with E-state index in [1.165, 1.54) is 6.20 Å². The molecule has 1 aromatic carbocycles. The van der Waals surface area contributed by atoms with Gasteiger partial charge in [-0.25, -0.2) is 9.36 Å². The van der Waals surface area contributed by atoms with E-state index < -0.39 is 0 Å². The van der Waals surface area contributed by atoms with E-state index in [-0.39, 0.29) is 62.0 Å². The molecule has 96 valence electrons. The third-order valence-corrected chi connectivity index (χ3v) is 3.13. The number of aromatic nitrogens is 4. The Labute approximate surface area is 162 Å². The minimum absolute atomic E-state index is 0. The zero-order valence-corrected chi connectivity index (χ0v) is 14.8. The van der Waals surface area contributed by atoms with Gasteiger partial charge in [0.25, 0.3) is 0 Å². The van der Waals surface area contributed by atoms with Crippen LogP contribution in [0.4, 0.5) is 0 Å². The molecule has 2 aromatic heterocycles. The predicted octanol–water partition coefficient (Wildman–Crippen LogP) is -2.20. The van der Waals surface area contributed by atoms with Gasteiger partial charge in [0.05, 0.1) is 12.7 Å². The average Bonchev–Trinajstić information content (AvgIpc) is 2.81. The Morgan fingerprint density at radius 2 is 1.95 bits per heavy atom. The van der Waals surface area contributed by atoms with Gasteiger partial charge in [-0.1, -0.05) is 30.3 Å². The second kappa shape index (κ2) is 6.33. The molecular formula is C12H10KN5OS. The van der Waals surface area contributed by atoms with E-state index in [2.05, 4.69) is 10.1 Å². The first-order valence-corrected chi connectivity index (χ1v) is 6.02. The number of rotatable bonds is 2. The monoisotopic (exact) mass is 311 g/mol. The Morgan fingerprint density at radius 1 is 1.25 bits per heavy atom. The van der Waals surface area contributed by atoms with Crippen molar-refractivity contribution >= 4 is 23.3 Å². The second-order valence-electron chi connectivity index (χ2n) is 4.09. The van der Waals surface area contributed by atoms with E-state index in [1.54, 1.807) is 4.68 Å². The minimum Gasteiger partial charge on any atom is -0.858 e. The number of nitrogens with zero attached hydrogens (tertiary/aromatic N) is 4. The van der Waals surface area contributed by atoms with Crippen LogP contribution in [0.1, 0.15) is 5.56 Å². The fourth-order valence-corrected chi connectivity index (χ4v) is 2.05. The summed E-state index contributed by atoms with van der Waals surface area (Å²) in [6.07, 6.45) is 1.46. The van der Waals surface area contributed by atoms with Crippen LogP contribution in [0.15, 0.2) is 36.5 Å². The smallest absolute Gasteiger partial charge is 0.858 e. The number of hydrogen-bond acceptors (Lipinski definition) is 5. The first-order chi connectivity index (χ1) is 9.16. The normalized spacial score (nSPS) is 10.4. The van der Waals surface area contributed by atoms with Crippen molar-refractivity contribution in [3.8, 4) is 5.88 Å². The molecule has 0 amide bonds. The molecule has 20 heavy (non-hydrogen) atoms. The molecule has 0 atom stereocenters. The molecule has 0 aliphatic heterocycles. The van der Waals surface area contributed by atoms with E-state index in [4.69, 9.17) is 18.1 Å². The van der Waals surface area contributed by atoms with Gasteiger partial charge in [-0.05, 0) is 17.8 Å². The predicted molar refractivity (Wildman–Crippen MR) is 71.5 cm³/mol. The molecule has 0 saturated carbocycles. The largest absolute Gasteiger partial charge is 1.00 e. The zero-order valence-electron chi connectivity index (χ0n) is 10.9. The molecule has 2 heterocycles. The Balaban J connectivity index is 0.00000147. The number of nitrogens with two attached hydrogens (primary N) is 1. The summed E-state index contributed by atoms with van der Waals surface area (Å²) in [4.78, 5) is 4.15. The van der Waals surface area contributed by atoms with Crippen LogP contribution < -0.4 is 62.3 Å². The van der Waals surface area contributed by atoms with Crippen LogP contribution in [0.25, 0.3) is 11.0 Å². The summed E-state index contributed by atoms with van der Waals surface area (Å²) >= 11 is 4.94. The third-order valence-electron chi connectivity index (χ3n) is 2.84. The van der Waals surface area contributed by atoms with E-state index in [0.29, 0.717) is 17.6 Å². The quantitative estimate of drug-likeness (QED) is 0.330. The molecule has 2 N–H and O–H groups in total. The van der Waals surface area contributed by atoms with Crippen molar-refractivity contribution in [3.63, 3.8) is 0 Å². The van der Waals surface area contributed by atoms with Gasteiger partial charge < -0.3 is 10.9 Å². The molecule has 0 aliphatic carbocycles. The zero-order chi connectivity index (χ0) is 13.4. The van der Waals surface area contributed by atoms with Gasteiger partial charge in [-0.2, -0.15) is 10.1 Å². The average molecular weight is 311 g/mol. The van der Waals surface area contributed by atoms with E-state index in [0.717, 1.165) is 10.2 Å². The van der Waals surface area contributed by atoms with Crippen LogP contribution in [0.5, 0.6) is 5.88 Å². The van der Waals surface area contributed by atoms with Crippen molar-refractivity contribution in [2.45, 2.75) is 6.54 Å². The summed E-state index contributed by atoms with van der Waals surface area (Å²) in [5.74, 6) is 5.13. The van der Waals surface area contributed by atoms with Crippen molar-refractivity contribution in [2.75, 3.05) is 5.84 Å². The molecule has 0 unspecified atom stereocenters. The van der Waals surface area contributed by atoms with E-state index >= 15 is 0 Å². The molecule has 0 aliphatic rings. The molecule has 8 heteroatoms. The topological polar surface area (TPSA) is 84.7 Å². The number of fused-ring (bicyclic) bond motifs is 1. The maximum absolute atomic E-state index is 11.9. The maximum atomic E-state index is 11.9. The van der Waals surface area contributed by atoms with Crippen LogP contribution in [0, 0.1) is 4.77 Å². The van der Waals surface area contributed by atoms with Crippen molar-refractivity contribution < 1.29 is 56.5 Å². The summed E-state index contributed by atoms with van der Waals surface area (Å²) in [7, 11) is 0. The van der Waals surface area contributed by atoms with Crippen molar-refractivity contribution in [1.29, 1.82) is 0 Å². The summed E-state index contributed by atoms with van der Waals surface area (Å²) < 4.78 is 2.54. The first kappa shape index (κ1) is 15.6. The Bertz CT molecular complexity index is 799. The van der Waals surface area contributed by atoms with Gasteiger partial charge in [0.15, 0.2) is 5.65 Å². The van der Waals surface area contributed by atoms with E-state index in [1.807, 2.05) is 30.3 Å². The second-order valence-corrected chi connectivity index (χ2v) is 4.46. The van der Waals surface area contributed by atoms with Gasteiger partial charge in [0, 0.05) is 11.3 Å². The SMILES string of the molecule is Nn1c([O-])c2cnn(Cc3ccccc3)c2nc1=S.[K+]. The minimum atomic E-state index is -0.380. The van der Waals surface area contributed by atoms with Crippen LogP contribution in [0.3, 0.4) is 0 Å². The van der Waals surface area contributed by atoms with Gasteiger partial charge in [-0.3, -0.25) is 0 Å². The summed E-state index contributed by atoms with van der Waals surface area (Å²) in [6.45, 7) is 0.528. The fourth-order valence-electron chi connectivity index (χ4n) is 1.88. The molecular weight excluding hydrogens is 301 g/mol. The summed E-state index contributed by atoms with van der Waals surface area (Å²) in [5.41, 5.74) is 1.53. The molecule has 3 rings (SSSR count). The molecule has 0 fully saturated rings. The first-order valence-electron chi connectivity index (χ1n) is 5.61. The Morgan fingerprint density at radius 3 is 2.65 bits per heavy atom. The Kier molecular flexibility index (Phi) is 4.94. The molecule has 0 spiro atoms. The van der Waals surface area contributed by atoms with Gasteiger partial charge in [0.1, 0.15) is 0 Å². The standard InChI is InChI=1S/C12H11N5OS.K/c13-17-11(18)9-6-14-16(10(9)15-12(17)19)7-8-4-2-1-3-5-8;/h1-6,18H,7,13H2;/q;+1/p-1. The van der Waals surface area contributed by atoms with Crippen LogP contribution in [-0.4, -0.2) is 19.4 Å². The molecule has 0 radical (unpaired) electrons. The van der Waals surface area contributed by atoms with Gasteiger partial charge in [-0.15, -0.1) is 0 Å². The van der Waals surface area contributed by atoms with Crippen LogP contribution >= 0.6 is 12.2 Å². The fraction of sp³-hybridized carbons (Fsp3) is 0.0833. The number of nitrogen functional groups attached to an aromatic ring is 1. The van der Waals surface area contributed by atoms with Crippen molar-refractivity contribution in [1.82, 2.24) is 19.4 Å². The third kappa shape index (κ3) is 2.80. The maximum Gasteiger partial charge on any atom is 1.00 e. The number of benzene rings is 1. The molecule has 0 bridgehead atoms. The van der Waals surface area contributed by atoms with Crippen molar-refractivity contribution in [3.05, 3.63) is 46.9 Å². The Hall–Kier alpha value is -0.774. The van der Waals surface area contributed by atoms with E-state index in [9.17, 15) is 5.11 Å². The number of hydrogen-bond donors (Lipinski definition) is 1. The van der Waals surface area contributed by atoms with Crippen LogP contribution in [-0.2, 0) is 6.54 Å². The van der Waals surface area contributed by atoms with Crippen molar-refractivity contribution in [2.24, 2.45) is 0 Å². The van der Waals surface area contributed by atoms with Gasteiger partial charge in [0.2, 0.25) is 4.77 Å². The van der Waals surface area contributed by atoms with Gasteiger partial charge >= 0.3 is 51.4 Å². The molecule has 0 saturated heterocycles. The summed E-state index contributed by atoms with van der Waals surface area (Å²) in [6, 6.07) is 9.79. The van der Waals surface area contributed by atoms with Crippen LogP contribution in [0.2, 0.25) is 0 Å². The molecule has 3 aromatic rings. The summed E-state index contributed by atoms with van der Waals surface area (Å²) in [5, 5.41) is 16.4. The molecule has 6 nitrogen and oxygen atoms in total.